The summed E-state index contributed by atoms with van der Waals surface area (Å²) in [6.45, 7) is 2.39. The molecule has 0 aromatic heterocycles. The third-order valence-electron chi connectivity index (χ3n) is 4.44. The van der Waals surface area contributed by atoms with Crippen molar-refractivity contribution < 1.29 is 0 Å². The van der Waals surface area contributed by atoms with Crippen LogP contribution >= 0.6 is 11.8 Å². The Morgan fingerprint density at radius 2 is 2.00 bits per heavy atom. The average molecular weight is 212 g/mol. The third-order valence-corrected chi connectivity index (χ3v) is 5.86. The molecule has 0 aromatic rings. The Bertz CT molecular complexity index is 163. The van der Waals surface area contributed by atoms with Gasteiger partial charge in [0.15, 0.2) is 0 Å². The van der Waals surface area contributed by atoms with Crippen LogP contribution in [0.3, 0.4) is 0 Å². The normalized spacial score (nSPS) is 25.5. The molecule has 1 heterocycles. The molecule has 1 aliphatic heterocycles. The Kier molecular flexibility index (Phi) is 3.81. The summed E-state index contributed by atoms with van der Waals surface area (Å²) in [5.41, 5.74) is 0.814. The average Bonchev–Trinajstić information content (AvgIpc) is 2.05. The van der Waals surface area contributed by atoms with Crippen LogP contribution in [0, 0.1) is 11.3 Å². The van der Waals surface area contributed by atoms with Crippen LogP contribution in [0.1, 0.15) is 58.3 Å². The van der Waals surface area contributed by atoms with Crippen LogP contribution in [0.15, 0.2) is 0 Å². The van der Waals surface area contributed by atoms with Crippen LogP contribution in [0.4, 0.5) is 0 Å². The molecule has 2 aliphatic rings. The summed E-state index contributed by atoms with van der Waals surface area (Å²) in [4.78, 5) is 0. The van der Waals surface area contributed by atoms with Crippen LogP contribution < -0.4 is 0 Å². The van der Waals surface area contributed by atoms with E-state index in [9.17, 15) is 0 Å². The zero-order valence-corrected chi connectivity index (χ0v) is 10.4. The van der Waals surface area contributed by atoms with E-state index in [2.05, 4.69) is 18.7 Å². The molecule has 0 amide bonds. The van der Waals surface area contributed by atoms with Gasteiger partial charge in [-0.3, -0.25) is 0 Å². The van der Waals surface area contributed by atoms with Crippen molar-refractivity contribution >= 4 is 11.8 Å². The highest BCUT2D eigenvalue weighted by Gasteiger charge is 2.34. The predicted octanol–water partition coefficient (Wildman–Crippen LogP) is 4.49. The van der Waals surface area contributed by atoms with Gasteiger partial charge in [0.25, 0.3) is 0 Å². The topological polar surface area (TPSA) is 0 Å². The van der Waals surface area contributed by atoms with Gasteiger partial charge in [-0.15, -0.1) is 0 Å². The lowest BCUT2D eigenvalue weighted by molar-refractivity contribution is 0.109. The van der Waals surface area contributed by atoms with Crippen LogP contribution in [0.25, 0.3) is 0 Å². The maximum absolute atomic E-state index is 2.39. The molecule has 0 spiro atoms. The summed E-state index contributed by atoms with van der Waals surface area (Å²) >= 11 is 2.13. The number of thioether (sulfide) groups is 1. The van der Waals surface area contributed by atoms with Gasteiger partial charge in [-0.05, 0) is 48.5 Å². The van der Waals surface area contributed by atoms with Crippen molar-refractivity contribution in [3.8, 4) is 0 Å². The Labute approximate surface area is 93.2 Å². The molecular formula is C13H24S. The van der Waals surface area contributed by atoms with Gasteiger partial charge in [0.1, 0.15) is 0 Å². The van der Waals surface area contributed by atoms with Gasteiger partial charge in [0.2, 0.25) is 0 Å². The van der Waals surface area contributed by atoms with E-state index >= 15 is 0 Å². The fourth-order valence-electron chi connectivity index (χ4n) is 2.84. The summed E-state index contributed by atoms with van der Waals surface area (Å²) < 4.78 is 0. The highest BCUT2D eigenvalue weighted by Crippen LogP contribution is 2.47. The molecule has 1 heteroatoms. The fourth-order valence-corrected chi connectivity index (χ4v) is 3.74. The van der Waals surface area contributed by atoms with Crippen molar-refractivity contribution in [2.45, 2.75) is 58.3 Å². The minimum atomic E-state index is 0.814. The van der Waals surface area contributed by atoms with Crippen LogP contribution in [-0.4, -0.2) is 11.5 Å². The van der Waals surface area contributed by atoms with Crippen LogP contribution in [-0.2, 0) is 0 Å². The molecule has 0 N–H and O–H groups in total. The standard InChI is InChI=1S/C13H24S/c1-2-13(8-5-9-13)7-4-3-6-12-10-14-11-12/h12H,2-11H2,1H3. The lowest BCUT2D eigenvalue weighted by Crippen LogP contribution is -2.28. The highest BCUT2D eigenvalue weighted by molar-refractivity contribution is 8.00. The SMILES string of the molecule is CCC1(CCCCC2CSC2)CCC1. The quantitative estimate of drug-likeness (QED) is 0.585. The molecule has 0 aromatic carbocycles. The number of rotatable bonds is 6. The van der Waals surface area contributed by atoms with Gasteiger partial charge < -0.3 is 0 Å². The maximum atomic E-state index is 2.39. The molecule has 1 aliphatic carbocycles. The Morgan fingerprint density at radius 3 is 2.43 bits per heavy atom. The van der Waals surface area contributed by atoms with Crippen molar-refractivity contribution in [3.63, 3.8) is 0 Å². The van der Waals surface area contributed by atoms with E-state index in [0.717, 1.165) is 11.3 Å². The molecular weight excluding hydrogens is 188 g/mol. The summed E-state index contributed by atoms with van der Waals surface area (Å²) in [7, 11) is 0. The van der Waals surface area contributed by atoms with Crippen molar-refractivity contribution in [2.24, 2.45) is 11.3 Å². The van der Waals surface area contributed by atoms with E-state index in [4.69, 9.17) is 0 Å². The second-order valence-corrected chi connectivity index (χ2v) is 6.43. The minimum absolute atomic E-state index is 0.814. The molecule has 0 radical (unpaired) electrons. The van der Waals surface area contributed by atoms with E-state index in [1.54, 1.807) is 0 Å². The van der Waals surface area contributed by atoms with E-state index < -0.39 is 0 Å². The molecule has 0 unspecified atom stereocenters. The number of unbranched alkanes of at least 4 members (excludes halogenated alkanes) is 1. The van der Waals surface area contributed by atoms with Crippen molar-refractivity contribution in [3.05, 3.63) is 0 Å². The highest BCUT2D eigenvalue weighted by atomic mass is 32.2. The first-order valence-electron chi connectivity index (χ1n) is 6.42. The maximum Gasteiger partial charge on any atom is -0.00311 e. The zero-order chi connectivity index (χ0) is 9.86. The summed E-state index contributed by atoms with van der Waals surface area (Å²) in [6.07, 6.45) is 12.1. The van der Waals surface area contributed by atoms with Crippen LogP contribution in [0.2, 0.25) is 0 Å². The van der Waals surface area contributed by atoms with Gasteiger partial charge in [-0.25, -0.2) is 0 Å². The molecule has 14 heavy (non-hydrogen) atoms. The molecule has 2 fully saturated rings. The lowest BCUT2D eigenvalue weighted by Gasteiger charge is -2.41. The summed E-state index contributed by atoms with van der Waals surface area (Å²) in [5, 5.41) is 0. The molecule has 0 atom stereocenters. The van der Waals surface area contributed by atoms with E-state index in [0.29, 0.717) is 0 Å². The van der Waals surface area contributed by atoms with Gasteiger partial charge >= 0.3 is 0 Å². The fraction of sp³-hybridized carbons (Fsp3) is 1.00. The molecule has 82 valence electrons. The van der Waals surface area contributed by atoms with Crippen LogP contribution in [0.5, 0.6) is 0 Å². The largest absolute Gasteiger partial charge is 0.161 e. The third kappa shape index (κ3) is 2.48. The molecule has 0 bridgehead atoms. The Hall–Kier alpha value is 0.350. The van der Waals surface area contributed by atoms with E-state index in [1.165, 1.54) is 62.9 Å². The molecule has 1 saturated carbocycles. The first kappa shape index (κ1) is 10.9. The molecule has 2 rings (SSSR count). The monoisotopic (exact) mass is 212 g/mol. The molecule has 0 nitrogen and oxygen atoms in total. The second kappa shape index (κ2) is 4.92. The number of hydrogen-bond donors (Lipinski definition) is 0. The van der Waals surface area contributed by atoms with Gasteiger partial charge in [0.05, 0.1) is 0 Å². The zero-order valence-electron chi connectivity index (χ0n) is 9.56. The van der Waals surface area contributed by atoms with Crippen molar-refractivity contribution in [2.75, 3.05) is 11.5 Å². The Balaban J connectivity index is 1.53. The van der Waals surface area contributed by atoms with Gasteiger partial charge in [-0.2, -0.15) is 11.8 Å². The molecule has 1 saturated heterocycles. The first-order chi connectivity index (χ1) is 6.85. The van der Waals surface area contributed by atoms with E-state index in [1.807, 2.05) is 0 Å². The summed E-state index contributed by atoms with van der Waals surface area (Å²) in [6, 6.07) is 0. The number of hydrogen-bond acceptors (Lipinski definition) is 1. The summed E-state index contributed by atoms with van der Waals surface area (Å²) in [5.74, 6) is 4.01. The van der Waals surface area contributed by atoms with Gasteiger partial charge in [0, 0.05) is 0 Å². The van der Waals surface area contributed by atoms with Crippen molar-refractivity contribution in [1.29, 1.82) is 0 Å². The van der Waals surface area contributed by atoms with Crippen molar-refractivity contribution in [1.82, 2.24) is 0 Å². The van der Waals surface area contributed by atoms with E-state index in [-0.39, 0.29) is 0 Å². The second-order valence-electron chi connectivity index (χ2n) is 5.36. The smallest absolute Gasteiger partial charge is 0.00311 e. The van der Waals surface area contributed by atoms with Gasteiger partial charge in [-0.1, -0.05) is 32.6 Å². The Morgan fingerprint density at radius 1 is 1.21 bits per heavy atom. The minimum Gasteiger partial charge on any atom is -0.161 e. The first-order valence-corrected chi connectivity index (χ1v) is 7.58. The lowest BCUT2D eigenvalue weighted by atomic mass is 9.64. The predicted molar refractivity (Wildman–Crippen MR) is 65.9 cm³/mol.